The van der Waals surface area contributed by atoms with Crippen molar-refractivity contribution in [3.63, 3.8) is 0 Å². The maximum Gasteiger partial charge on any atom is 0.274 e. The molecule has 1 aliphatic rings. The molecule has 0 unspecified atom stereocenters. The van der Waals surface area contributed by atoms with Crippen LogP contribution in [0.3, 0.4) is 0 Å². The molecule has 0 aliphatic carbocycles. The molecule has 0 fully saturated rings. The zero-order chi connectivity index (χ0) is 21.2. The van der Waals surface area contributed by atoms with E-state index in [0.29, 0.717) is 0 Å². The topological polar surface area (TPSA) is 37.6 Å². The smallest absolute Gasteiger partial charge is 0.274 e. The van der Waals surface area contributed by atoms with E-state index in [1.807, 2.05) is 30.3 Å². The number of hydrogen-bond acceptors (Lipinski definition) is 4. The van der Waals surface area contributed by atoms with Crippen molar-refractivity contribution >= 4 is 44.7 Å². The number of hydrogen-bond donors (Lipinski definition) is 0. The van der Waals surface area contributed by atoms with Gasteiger partial charge < -0.3 is 4.90 Å². The van der Waals surface area contributed by atoms with Gasteiger partial charge >= 0.3 is 0 Å². The lowest BCUT2D eigenvalue weighted by molar-refractivity contribution is 0.566. The number of nitrogens with zero attached hydrogens (tertiary/aromatic N) is 3. The predicted molar refractivity (Wildman–Crippen MR) is 128 cm³/mol. The highest BCUT2D eigenvalue weighted by atomic mass is 32.1. The summed E-state index contributed by atoms with van der Waals surface area (Å²) in [7, 11) is 0. The summed E-state index contributed by atoms with van der Waals surface area (Å²) in [4.78, 5) is 21.0. The van der Waals surface area contributed by atoms with E-state index in [0.717, 1.165) is 32.6 Å². The minimum absolute atomic E-state index is 0.00408. The van der Waals surface area contributed by atoms with Crippen molar-refractivity contribution < 1.29 is 0 Å². The van der Waals surface area contributed by atoms with Crippen molar-refractivity contribution in [3.8, 4) is 0 Å². The maximum atomic E-state index is 13.1. The first-order valence-electron chi connectivity index (χ1n) is 10.3. The maximum absolute atomic E-state index is 13.1. The third-order valence-corrected chi connectivity index (χ3v) is 7.08. The minimum Gasteiger partial charge on any atom is -0.363 e. The van der Waals surface area contributed by atoms with E-state index >= 15 is 0 Å². The number of benzene rings is 2. The number of anilines is 1. The molecule has 2 aromatic heterocycles. The minimum atomic E-state index is -0.00815. The van der Waals surface area contributed by atoms with Gasteiger partial charge in [-0.05, 0) is 81.7 Å². The number of fused-ring (bicyclic) bond motifs is 4. The molecule has 5 heteroatoms. The number of para-hydroxylation sites is 2. The first-order valence-corrected chi connectivity index (χ1v) is 11.2. The largest absolute Gasteiger partial charge is 0.363 e. The average Bonchev–Trinajstić information content (AvgIpc) is 3.19. The second kappa shape index (κ2) is 6.54. The number of allylic oxidation sites excluding steroid dienone is 1. The Morgan fingerprint density at radius 1 is 1.17 bits per heavy atom. The van der Waals surface area contributed by atoms with Crippen molar-refractivity contribution in [2.75, 3.05) is 11.4 Å². The number of imidazole rings is 1. The predicted octanol–water partition coefficient (Wildman–Crippen LogP) is 4.79. The molecule has 152 valence electrons. The lowest BCUT2D eigenvalue weighted by atomic mass is 9.87. The van der Waals surface area contributed by atoms with Gasteiger partial charge in [0.15, 0.2) is 4.96 Å². The van der Waals surface area contributed by atoms with Crippen LogP contribution in [0.1, 0.15) is 44.4 Å². The van der Waals surface area contributed by atoms with Gasteiger partial charge in [0, 0.05) is 17.8 Å². The van der Waals surface area contributed by atoms with Gasteiger partial charge in [-0.25, -0.2) is 9.38 Å². The fourth-order valence-corrected chi connectivity index (χ4v) is 5.71. The van der Waals surface area contributed by atoms with E-state index in [-0.39, 0.29) is 11.1 Å². The first-order chi connectivity index (χ1) is 14.3. The Morgan fingerprint density at radius 2 is 1.93 bits per heavy atom. The standard InChI is InChI=1S/C25H25N3OS/c1-6-27-21-11-15(2)17(12-18(21)16(3)14-25(27,4)5)13-22-23(29)28-20-10-8-7-9-19(20)26-24(28)30-22/h7-14H,6H2,1-5H3/b22-13+. The summed E-state index contributed by atoms with van der Waals surface area (Å²) in [6, 6.07) is 12.3. The summed E-state index contributed by atoms with van der Waals surface area (Å²) in [5.74, 6) is 0. The third-order valence-electron chi connectivity index (χ3n) is 6.11. The van der Waals surface area contributed by atoms with E-state index in [4.69, 9.17) is 0 Å². The molecule has 1 aliphatic heterocycles. The molecule has 5 rings (SSSR count). The summed E-state index contributed by atoms with van der Waals surface area (Å²) < 4.78 is 2.45. The summed E-state index contributed by atoms with van der Waals surface area (Å²) in [5.41, 5.74) is 7.78. The van der Waals surface area contributed by atoms with Gasteiger partial charge in [-0.2, -0.15) is 0 Å². The van der Waals surface area contributed by atoms with Crippen molar-refractivity contribution in [1.82, 2.24) is 9.38 Å². The van der Waals surface area contributed by atoms with E-state index in [9.17, 15) is 4.79 Å². The van der Waals surface area contributed by atoms with Gasteiger partial charge in [0.1, 0.15) is 0 Å². The Hall–Kier alpha value is -2.92. The molecule has 4 nitrogen and oxygen atoms in total. The Kier molecular flexibility index (Phi) is 4.16. The van der Waals surface area contributed by atoms with Crippen molar-refractivity contribution in [1.29, 1.82) is 0 Å². The van der Waals surface area contributed by atoms with E-state index < -0.39 is 0 Å². The highest BCUT2D eigenvalue weighted by Crippen LogP contribution is 2.40. The van der Waals surface area contributed by atoms with Crippen LogP contribution in [-0.4, -0.2) is 21.5 Å². The van der Waals surface area contributed by atoms with Crippen LogP contribution in [0.2, 0.25) is 0 Å². The highest BCUT2D eigenvalue weighted by molar-refractivity contribution is 7.15. The van der Waals surface area contributed by atoms with Crippen molar-refractivity contribution in [3.05, 3.63) is 74.1 Å². The molecule has 0 saturated heterocycles. The summed E-state index contributed by atoms with van der Waals surface area (Å²) >= 11 is 1.45. The van der Waals surface area contributed by atoms with Gasteiger partial charge in [-0.1, -0.05) is 29.5 Å². The summed E-state index contributed by atoms with van der Waals surface area (Å²) in [5, 5.41) is 0. The van der Waals surface area contributed by atoms with Crippen LogP contribution in [0, 0.1) is 6.92 Å². The van der Waals surface area contributed by atoms with E-state index in [1.165, 1.54) is 33.7 Å². The van der Waals surface area contributed by atoms with Gasteiger partial charge in [0.25, 0.3) is 5.56 Å². The number of aryl methyl sites for hydroxylation is 1. The molecular formula is C25H25N3OS. The number of likely N-dealkylation sites (N-methyl/N-ethyl adjacent to an activating group) is 1. The SMILES string of the molecule is CCN1c2cc(C)c(/C=c3/sc4nc5ccccc5n4c3=O)cc2C(C)=CC1(C)C. The molecule has 0 spiro atoms. The summed E-state index contributed by atoms with van der Waals surface area (Å²) in [6.45, 7) is 12.0. The zero-order valence-electron chi connectivity index (χ0n) is 18.0. The van der Waals surface area contributed by atoms with Gasteiger partial charge in [-0.15, -0.1) is 0 Å². The molecule has 0 atom stereocenters. The van der Waals surface area contributed by atoms with Crippen LogP contribution in [0.5, 0.6) is 0 Å². The molecule has 0 N–H and O–H groups in total. The molecule has 0 saturated carbocycles. The van der Waals surface area contributed by atoms with Crippen LogP contribution in [0.15, 0.2) is 47.3 Å². The molecule has 4 aromatic rings. The number of rotatable bonds is 2. The first kappa shape index (κ1) is 19.1. The van der Waals surface area contributed by atoms with Gasteiger partial charge in [-0.3, -0.25) is 4.79 Å². The normalized spacial score (nSPS) is 16.4. The number of aromatic nitrogens is 2. The molecule has 0 bridgehead atoms. The molecule has 0 radical (unpaired) electrons. The fraction of sp³-hybridized carbons (Fsp3) is 0.280. The van der Waals surface area contributed by atoms with Crippen LogP contribution in [0.25, 0.3) is 27.6 Å². The van der Waals surface area contributed by atoms with Crippen molar-refractivity contribution in [2.24, 2.45) is 0 Å². The molecular weight excluding hydrogens is 390 g/mol. The Labute approximate surface area is 179 Å². The highest BCUT2D eigenvalue weighted by Gasteiger charge is 2.30. The summed E-state index contributed by atoms with van der Waals surface area (Å²) in [6.07, 6.45) is 4.36. The second-order valence-electron chi connectivity index (χ2n) is 8.59. The Bertz CT molecular complexity index is 1460. The monoisotopic (exact) mass is 415 g/mol. The number of thiazole rings is 1. The molecule has 3 heterocycles. The Balaban J connectivity index is 1.71. The lowest BCUT2D eigenvalue weighted by Crippen LogP contribution is -2.45. The van der Waals surface area contributed by atoms with E-state index in [1.54, 1.807) is 4.40 Å². The van der Waals surface area contributed by atoms with Crippen molar-refractivity contribution in [2.45, 2.75) is 40.2 Å². The zero-order valence-corrected chi connectivity index (χ0v) is 18.8. The van der Waals surface area contributed by atoms with Crippen LogP contribution in [-0.2, 0) is 0 Å². The van der Waals surface area contributed by atoms with Crippen LogP contribution >= 0.6 is 11.3 Å². The van der Waals surface area contributed by atoms with Crippen LogP contribution in [0.4, 0.5) is 5.69 Å². The van der Waals surface area contributed by atoms with Gasteiger partial charge in [0.2, 0.25) is 0 Å². The van der Waals surface area contributed by atoms with E-state index in [2.05, 4.69) is 62.7 Å². The second-order valence-corrected chi connectivity index (χ2v) is 9.59. The molecule has 30 heavy (non-hydrogen) atoms. The average molecular weight is 416 g/mol. The third kappa shape index (κ3) is 2.72. The lowest BCUT2D eigenvalue weighted by Gasteiger charge is -2.43. The molecule has 0 amide bonds. The van der Waals surface area contributed by atoms with Crippen LogP contribution < -0.4 is 15.0 Å². The fourth-order valence-electron chi connectivity index (χ4n) is 4.73. The quantitative estimate of drug-likeness (QED) is 0.473. The Morgan fingerprint density at radius 3 is 2.70 bits per heavy atom. The molecule has 2 aromatic carbocycles. The van der Waals surface area contributed by atoms with Gasteiger partial charge in [0.05, 0.1) is 21.1 Å².